The molecule has 0 aromatic heterocycles. The molecule has 128 valence electrons. The zero-order chi connectivity index (χ0) is 16.8. The molecule has 0 heterocycles. The number of hydrogen-bond acceptors (Lipinski definition) is 3. The maximum absolute atomic E-state index is 9.46. The minimum Gasteiger partial charge on any atom is -0.487 e. The van der Waals surface area contributed by atoms with Crippen molar-refractivity contribution in [1.29, 1.82) is 0 Å². The molecule has 3 heteroatoms. The summed E-state index contributed by atoms with van der Waals surface area (Å²) in [6.07, 6.45) is 7.59. The highest BCUT2D eigenvalue weighted by atomic mass is 16.5. The Labute approximate surface area is 143 Å². The predicted molar refractivity (Wildman–Crippen MR) is 97.1 cm³/mol. The van der Waals surface area contributed by atoms with Crippen molar-refractivity contribution in [3.05, 3.63) is 42.0 Å². The van der Waals surface area contributed by atoms with Crippen molar-refractivity contribution in [1.82, 2.24) is 0 Å². The van der Waals surface area contributed by atoms with Crippen molar-refractivity contribution < 1.29 is 9.84 Å². The minimum absolute atomic E-state index is 0.0663. The van der Waals surface area contributed by atoms with Gasteiger partial charge in [-0.15, -0.1) is 0 Å². The second kappa shape index (κ2) is 5.75. The number of rotatable bonds is 4. The van der Waals surface area contributed by atoms with E-state index >= 15 is 0 Å². The standard InChI is InChI=1S/C21H27NO2/c1-20(22,14-23)18-4-2-17-13-19(5-3-16(17)12-18)24-21-9-6-15(7-10-21)8-11-21/h2-5,12-13,15,23H,6-11,14,22H2,1H3. The van der Waals surface area contributed by atoms with Crippen LogP contribution in [-0.4, -0.2) is 17.3 Å². The summed E-state index contributed by atoms with van der Waals surface area (Å²) in [6.45, 7) is 1.79. The topological polar surface area (TPSA) is 55.5 Å². The van der Waals surface area contributed by atoms with E-state index in [4.69, 9.17) is 10.5 Å². The van der Waals surface area contributed by atoms with E-state index in [-0.39, 0.29) is 12.2 Å². The van der Waals surface area contributed by atoms with Crippen LogP contribution in [0.2, 0.25) is 0 Å². The Bertz CT molecular complexity index is 731. The first-order valence-corrected chi connectivity index (χ1v) is 9.13. The maximum Gasteiger partial charge on any atom is 0.120 e. The second-order valence-corrected chi connectivity index (χ2v) is 8.07. The van der Waals surface area contributed by atoms with E-state index < -0.39 is 5.54 Å². The molecular weight excluding hydrogens is 298 g/mol. The quantitative estimate of drug-likeness (QED) is 0.889. The van der Waals surface area contributed by atoms with Crippen LogP contribution in [0.4, 0.5) is 0 Å². The summed E-state index contributed by atoms with van der Waals surface area (Å²) in [5.74, 6) is 1.93. The number of nitrogens with two attached hydrogens (primary N) is 1. The van der Waals surface area contributed by atoms with Crippen LogP contribution in [-0.2, 0) is 5.54 Å². The fraction of sp³-hybridized carbons (Fsp3) is 0.524. The van der Waals surface area contributed by atoms with E-state index in [1.165, 1.54) is 38.5 Å². The molecule has 2 aromatic rings. The van der Waals surface area contributed by atoms with Gasteiger partial charge in [0.25, 0.3) is 0 Å². The van der Waals surface area contributed by atoms with E-state index in [9.17, 15) is 5.11 Å². The Hall–Kier alpha value is -1.58. The third-order valence-electron chi connectivity index (χ3n) is 6.16. The number of aliphatic hydroxyl groups is 1. The second-order valence-electron chi connectivity index (χ2n) is 8.07. The lowest BCUT2D eigenvalue weighted by Crippen LogP contribution is -2.44. The molecule has 0 aliphatic heterocycles. The van der Waals surface area contributed by atoms with Crippen LogP contribution in [0, 0.1) is 5.92 Å². The van der Waals surface area contributed by atoms with Crippen LogP contribution < -0.4 is 10.5 Å². The average molecular weight is 325 g/mol. The Morgan fingerprint density at radius 2 is 1.71 bits per heavy atom. The summed E-state index contributed by atoms with van der Waals surface area (Å²) in [7, 11) is 0. The summed E-state index contributed by atoms with van der Waals surface area (Å²) in [5, 5.41) is 11.8. The van der Waals surface area contributed by atoms with Crippen LogP contribution >= 0.6 is 0 Å². The summed E-state index contributed by atoms with van der Waals surface area (Å²) in [4.78, 5) is 0. The minimum atomic E-state index is -0.705. The average Bonchev–Trinajstić information content (AvgIpc) is 2.62. The van der Waals surface area contributed by atoms with Gasteiger partial charge >= 0.3 is 0 Å². The van der Waals surface area contributed by atoms with E-state index in [1.54, 1.807) is 0 Å². The number of ether oxygens (including phenoxy) is 1. The SMILES string of the molecule is CC(N)(CO)c1ccc2cc(OC34CCC(CC3)CC4)ccc2c1. The fourth-order valence-corrected chi connectivity index (χ4v) is 4.35. The van der Waals surface area contributed by atoms with Gasteiger partial charge in [-0.25, -0.2) is 0 Å². The Balaban J connectivity index is 1.61. The van der Waals surface area contributed by atoms with Gasteiger partial charge in [0.05, 0.1) is 12.1 Å². The molecule has 0 radical (unpaired) electrons. The molecule has 5 rings (SSSR count). The first kappa shape index (κ1) is 15.9. The first-order chi connectivity index (χ1) is 11.5. The highest BCUT2D eigenvalue weighted by molar-refractivity contribution is 5.84. The lowest BCUT2D eigenvalue weighted by atomic mass is 9.68. The van der Waals surface area contributed by atoms with Crippen molar-refractivity contribution in [3.8, 4) is 5.75 Å². The predicted octanol–water partition coefficient (Wildman–Crippen LogP) is 4.11. The molecule has 24 heavy (non-hydrogen) atoms. The molecule has 1 atom stereocenters. The number of aliphatic hydroxyl groups excluding tert-OH is 1. The molecule has 0 saturated heterocycles. The van der Waals surface area contributed by atoms with E-state index in [1.807, 2.05) is 13.0 Å². The van der Waals surface area contributed by atoms with Crippen molar-refractivity contribution >= 4 is 10.8 Å². The maximum atomic E-state index is 9.46. The van der Waals surface area contributed by atoms with Gasteiger partial charge < -0.3 is 15.6 Å². The Morgan fingerprint density at radius 1 is 1.08 bits per heavy atom. The molecule has 3 nitrogen and oxygen atoms in total. The number of hydrogen-bond donors (Lipinski definition) is 2. The highest BCUT2D eigenvalue weighted by Gasteiger charge is 2.42. The third kappa shape index (κ3) is 2.80. The molecular formula is C21H27NO2. The summed E-state index contributed by atoms with van der Waals surface area (Å²) >= 11 is 0. The zero-order valence-electron chi connectivity index (χ0n) is 14.4. The van der Waals surface area contributed by atoms with Crippen LogP contribution in [0.1, 0.15) is 51.0 Å². The van der Waals surface area contributed by atoms with E-state index in [0.29, 0.717) is 0 Å². The molecule has 3 fully saturated rings. The first-order valence-electron chi connectivity index (χ1n) is 9.13. The molecule has 2 aromatic carbocycles. The van der Waals surface area contributed by atoms with Gasteiger partial charge in [0, 0.05) is 0 Å². The molecule has 0 amide bonds. The molecule has 3 aliphatic carbocycles. The van der Waals surface area contributed by atoms with Gasteiger partial charge in [0.15, 0.2) is 0 Å². The van der Waals surface area contributed by atoms with Crippen LogP contribution in [0.15, 0.2) is 36.4 Å². The molecule has 1 unspecified atom stereocenters. The van der Waals surface area contributed by atoms with Crippen LogP contribution in [0.5, 0.6) is 5.75 Å². The highest BCUT2D eigenvalue weighted by Crippen LogP contribution is 2.46. The summed E-state index contributed by atoms with van der Waals surface area (Å²) in [5.41, 5.74) is 6.47. The number of fused-ring (bicyclic) bond motifs is 4. The molecule has 3 aliphatic rings. The van der Waals surface area contributed by atoms with Crippen molar-refractivity contribution in [3.63, 3.8) is 0 Å². The zero-order valence-corrected chi connectivity index (χ0v) is 14.4. The van der Waals surface area contributed by atoms with Crippen molar-refractivity contribution in [2.45, 2.75) is 56.6 Å². The molecule has 0 spiro atoms. The number of benzene rings is 2. The smallest absolute Gasteiger partial charge is 0.120 e. The fourth-order valence-electron chi connectivity index (χ4n) is 4.35. The molecule has 3 saturated carbocycles. The van der Waals surface area contributed by atoms with Crippen LogP contribution in [0.25, 0.3) is 10.8 Å². The van der Waals surface area contributed by atoms with E-state index in [2.05, 4.69) is 30.3 Å². The monoisotopic (exact) mass is 325 g/mol. The van der Waals surface area contributed by atoms with Gasteiger partial charge in [-0.2, -0.15) is 0 Å². The lowest BCUT2D eigenvalue weighted by molar-refractivity contribution is -0.0322. The van der Waals surface area contributed by atoms with Gasteiger partial charge in [-0.1, -0.05) is 18.2 Å². The lowest BCUT2D eigenvalue weighted by Gasteiger charge is -2.46. The summed E-state index contributed by atoms with van der Waals surface area (Å²) in [6, 6.07) is 12.5. The van der Waals surface area contributed by atoms with E-state index in [0.717, 1.165) is 28.0 Å². The van der Waals surface area contributed by atoms with Gasteiger partial charge in [0.2, 0.25) is 0 Å². The normalized spacial score (nSPS) is 28.7. The molecule has 2 bridgehead atoms. The Morgan fingerprint density at radius 3 is 2.38 bits per heavy atom. The summed E-state index contributed by atoms with van der Waals surface area (Å²) < 4.78 is 6.49. The van der Waals surface area contributed by atoms with Gasteiger partial charge in [-0.05, 0) is 85.9 Å². The van der Waals surface area contributed by atoms with Crippen molar-refractivity contribution in [2.75, 3.05) is 6.61 Å². The van der Waals surface area contributed by atoms with Crippen molar-refractivity contribution in [2.24, 2.45) is 11.7 Å². The Kier molecular flexibility index (Phi) is 3.81. The largest absolute Gasteiger partial charge is 0.487 e. The van der Waals surface area contributed by atoms with Gasteiger partial charge in [0.1, 0.15) is 11.4 Å². The third-order valence-corrected chi connectivity index (χ3v) is 6.16. The van der Waals surface area contributed by atoms with Crippen LogP contribution in [0.3, 0.4) is 0 Å². The molecule has 3 N–H and O–H groups in total. The van der Waals surface area contributed by atoms with Gasteiger partial charge in [-0.3, -0.25) is 0 Å².